The molecule has 0 bridgehead atoms. The van der Waals surface area contributed by atoms with Gasteiger partial charge in [-0.2, -0.15) is 0 Å². The smallest absolute Gasteiger partial charge is 0.0488 e. The van der Waals surface area contributed by atoms with Gasteiger partial charge in [-0.1, -0.05) is 43.3 Å². The van der Waals surface area contributed by atoms with Gasteiger partial charge in [-0.05, 0) is 34.7 Å². The molecule has 2 aromatic carbocycles. The summed E-state index contributed by atoms with van der Waals surface area (Å²) in [6, 6.07) is 14.9. The predicted molar refractivity (Wildman–Crippen MR) is 76.5 cm³/mol. The maximum atomic E-state index is 6.26. The van der Waals surface area contributed by atoms with Gasteiger partial charge in [0.05, 0.1) is 0 Å². The lowest BCUT2D eigenvalue weighted by atomic mass is 9.95. The van der Waals surface area contributed by atoms with E-state index in [1.165, 1.54) is 16.3 Å². The Morgan fingerprint density at radius 2 is 1.83 bits per heavy atom. The number of hydrogen-bond donors (Lipinski definition) is 1. The summed E-state index contributed by atoms with van der Waals surface area (Å²) < 4.78 is 5.16. The Morgan fingerprint density at radius 3 is 2.56 bits per heavy atom. The van der Waals surface area contributed by atoms with Crippen LogP contribution in [0.4, 0.5) is 0 Å². The average Bonchev–Trinajstić information content (AvgIpc) is 2.38. The first-order valence-corrected chi connectivity index (χ1v) is 6.44. The lowest BCUT2D eigenvalue weighted by molar-refractivity contribution is 0.152. The summed E-state index contributed by atoms with van der Waals surface area (Å²) in [5.41, 5.74) is 7.47. The third kappa shape index (κ3) is 3.09. The van der Waals surface area contributed by atoms with Crippen LogP contribution in [0.5, 0.6) is 0 Å². The molecule has 2 heteroatoms. The average molecular weight is 243 g/mol. The van der Waals surface area contributed by atoms with Crippen molar-refractivity contribution in [3.63, 3.8) is 0 Å². The minimum atomic E-state index is 0.0831. The Labute approximate surface area is 109 Å². The van der Waals surface area contributed by atoms with Crippen molar-refractivity contribution in [1.29, 1.82) is 0 Å². The zero-order valence-electron chi connectivity index (χ0n) is 11.1. The largest absolute Gasteiger partial charge is 0.384 e. The van der Waals surface area contributed by atoms with Crippen molar-refractivity contribution in [2.75, 3.05) is 13.7 Å². The van der Waals surface area contributed by atoms with Gasteiger partial charge in [0.25, 0.3) is 0 Å². The molecule has 2 unspecified atom stereocenters. The third-order valence-electron chi connectivity index (χ3n) is 3.31. The summed E-state index contributed by atoms with van der Waals surface area (Å²) in [4.78, 5) is 0. The molecule has 2 aromatic rings. The highest BCUT2D eigenvalue weighted by molar-refractivity contribution is 5.83. The van der Waals surface area contributed by atoms with Crippen molar-refractivity contribution in [3.05, 3.63) is 48.0 Å². The standard InChI is InChI=1S/C16H21NO/c1-12(11-18-2)9-16(17)15-8-7-13-5-3-4-6-14(13)10-15/h3-8,10,12,16H,9,11,17H2,1-2H3. The van der Waals surface area contributed by atoms with E-state index in [2.05, 4.69) is 49.4 Å². The van der Waals surface area contributed by atoms with Gasteiger partial charge >= 0.3 is 0 Å². The van der Waals surface area contributed by atoms with Gasteiger partial charge < -0.3 is 10.5 Å². The van der Waals surface area contributed by atoms with Gasteiger partial charge in [0.1, 0.15) is 0 Å². The second-order valence-corrected chi connectivity index (χ2v) is 5.01. The second kappa shape index (κ2) is 5.98. The van der Waals surface area contributed by atoms with Crippen LogP contribution in [0, 0.1) is 5.92 Å². The summed E-state index contributed by atoms with van der Waals surface area (Å²) >= 11 is 0. The number of fused-ring (bicyclic) bond motifs is 1. The normalized spacial score (nSPS) is 14.6. The van der Waals surface area contributed by atoms with Crippen LogP contribution in [0.25, 0.3) is 10.8 Å². The summed E-state index contributed by atoms with van der Waals surface area (Å²) in [7, 11) is 1.73. The molecule has 0 saturated carbocycles. The molecule has 96 valence electrons. The topological polar surface area (TPSA) is 35.2 Å². The predicted octanol–water partition coefficient (Wildman–Crippen LogP) is 3.51. The van der Waals surface area contributed by atoms with Crippen LogP contribution < -0.4 is 5.73 Å². The number of methoxy groups -OCH3 is 1. The van der Waals surface area contributed by atoms with Crippen molar-refractivity contribution >= 4 is 10.8 Å². The van der Waals surface area contributed by atoms with Crippen molar-refractivity contribution in [1.82, 2.24) is 0 Å². The van der Waals surface area contributed by atoms with Crippen molar-refractivity contribution in [3.8, 4) is 0 Å². The van der Waals surface area contributed by atoms with Crippen LogP contribution in [-0.4, -0.2) is 13.7 Å². The summed E-state index contributed by atoms with van der Waals surface area (Å²) in [6.45, 7) is 2.94. The van der Waals surface area contributed by atoms with E-state index in [-0.39, 0.29) is 6.04 Å². The quantitative estimate of drug-likeness (QED) is 0.872. The van der Waals surface area contributed by atoms with Crippen molar-refractivity contribution in [2.45, 2.75) is 19.4 Å². The number of hydrogen-bond acceptors (Lipinski definition) is 2. The molecule has 0 heterocycles. The lowest BCUT2D eigenvalue weighted by Gasteiger charge is -2.17. The molecule has 0 spiro atoms. The van der Waals surface area contributed by atoms with Crippen molar-refractivity contribution in [2.24, 2.45) is 11.7 Å². The molecule has 2 rings (SSSR count). The Kier molecular flexibility index (Phi) is 4.34. The molecular weight excluding hydrogens is 222 g/mol. The highest BCUT2D eigenvalue weighted by Crippen LogP contribution is 2.23. The second-order valence-electron chi connectivity index (χ2n) is 5.01. The van der Waals surface area contributed by atoms with Crippen LogP contribution in [0.3, 0.4) is 0 Å². The monoisotopic (exact) mass is 243 g/mol. The summed E-state index contributed by atoms with van der Waals surface area (Å²) in [6.07, 6.45) is 0.951. The van der Waals surface area contributed by atoms with Gasteiger partial charge in [0.2, 0.25) is 0 Å². The molecule has 0 aliphatic carbocycles. The van der Waals surface area contributed by atoms with Gasteiger partial charge in [0, 0.05) is 19.8 Å². The fraction of sp³-hybridized carbons (Fsp3) is 0.375. The molecule has 0 aliphatic rings. The molecular formula is C16H21NO. The molecule has 2 atom stereocenters. The number of nitrogens with two attached hydrogens (primary N) is 1. The third-order valence-corrected chi connectivity index (χ3v) is 3.31. The SMILES string of the molecule is COCC(C)CC(N)c1ccc2ccccc2c1. The van der Waals surface area contributed by atoms with Gasteiger partial charge in [-0.3, -0.25) is 0 Å². The molecule has 0 aliphatic heterocycles. The highest BCUT2D eigenvalue weighted by atomic mass is 16.5. The van der Waals surface area contributed by atoms with E-state index in [1.54, 1.807) is 7.11 Å². The minimum Gasteiger partial charge on any atom is -0.384 e. The van der Waals surface area contributed by atoms with Crippen LogP contribution in [0.2, 0.25) is 0 Å². The molecule has 0 aromatic heterocycles. The van der Waals surface area contributed by atoms with Crippen LogP contribution in [-0.2, 0) is 4.74 Å². The van der Waals surface area contributed by atoms with Gasteiger partial charge in [-0.25, -0.2) is 0 Å². The van der Waals surface area contributed by atoms with E-state index in [0.29, 0.717) is 5.92 Å². The van der Waals surface area contributed by atoms with E-state index >= 15 is 0 Å². The fourth-order valence-corrected chi connectivity index (χ4v) is 2.36. The first kappa shape index (κ1) is 13.1. The van der Waals surface area contributed by atoms with Crippen LogP contribution >= 0.6 is 0 Å². The molecule has 0 radical (unpaired) electrons. The molecule has 0 fully saturated rings. The number of rotatable bonds is 5. The Bertz CT molecular complexity index is 509. The first-order valence-electron chi connectivity index (χ1n) is 6.44. The van der Waals surface area contributed by atoms with Crippen LogP contribution in [0.15, 0.2) is 42.5 Å². The van der Waals surface area contributed by atoms with E-state index < -0.39 is 0 Å². The van der Waals surface area contributed by atoms with Crippen LogP contribution in [0.1, 0.15) is 24.9 Å². The van der Waals surface area contributed by atoms with E-state index in [1.807, 2.05) is 0 Å². The fourth-order valence-electron chi connectivity index (χ4n) is 2.36. The summed E-state index contributed by atoms with van der Waals surface area (Å²) in [5, 5.41) is 2.52. The van der Waals surface area contributed by atoms with E-state index in [4.69, 9.17) is 10.5 Å². The molecule has 2 nitrogen and oxygen atoms in total. The van der Waals surface area contributed by atoms with Crippen molar-refractivity contribution < 1.29 is 4.74 Å². The lowest BCUT2D eigenvalue weighted by Crippen LogP contribution is -2.16. The number of benzene rings is 2. The van der Waals surface area contributed by atoms with Gasteiger partial charge in [0.15, 0.2) is 0 Å². The Morgan fingerprint density at radius 1 is 1.11 bits per heavy atom. The van der Waals surface area contributed by atoms with E-state index in [9.17, 15) is 0 Å². The summed E-state index contributed by atoms with van der Waals surface area (Å²) in [5.74, 6) is 0.483. The first-order chi connectivity index (χ1) is 8.70. The highest BCUT2D eigenvalue weighted by Gasteiger charge is 2.11. The Balaban J connectivity index is 2.15. The van der Waals surface area contributed by atoms with Gasteiger partial charge in [-0.15, -0.1) is 0 Å². The zero-order valence-corrected chi connectivity index (χ0v) is 11.1. The number of ether oxygens (including phenoxy) is 1. The maximum absolute atomic E-state index is 6.26. The minimum absolute atomic E-state index is 0.0831. The zero-order chi connectivity index (χ0) is 13.0. The molecule has 2 N–H and O–H groups in total. The Hall–Kier alpha value is -1.38. The molecule has 0 saturated heterocycles. The van der Waals surface area contributed by atoms with E-state index in [0.717, 1.165) is 13.0 Å². The maximum Gasteiger partial charge on any atom is 0.0488 e. The molecule has 0 amide bonds. The molecule has 18 heavy (non-hydrogen) atoms.